The Morgan fingerprint density at radius 3 is 2.52 bits per heavy atom. The van der Waals surface area contributed by atoms with Gasteiger partial charge in [-0.3, -0.25) is 14.4 Å². The predicted molar refractivity (Wildman–Crippen MR) is 141 cm³/mol. The fourth-order valence-corrected chi connectivity index (χ4v) is 6.53. The second-order valence-corrected chi connectivity index (χ2v) is 11.0. The zero-order valence-electron chi connectivity index (χ0n) is 22.2. The third-order valence-electron chi connectivity index (χ3n) is 8.62. The first-order valence-corrected chi connectivity index (χ1v) is 13.3. The highest BCUT2D eigenvalue weighted by atomic mass is 19.4. The molecule has 0 saturated carbocycles. The summed E-state index contributed by atoms with van der Waals surface area (Å²) < 4.78 is 72.5. The summed E-state index contributed by atoms with van der Waals surface area (Å²) in [4.78, 5) is 44.2. The van der Waals surface area contributed by atoms with E-state index in [9.17, 15) is 27.6 Å². The number of anilines is 1. The summed E-state index contributed by atoms with van der Waals surface area (Å²) in [7, 11) is 0. The second kappa shape index (κ2) is 9.60. The molecule has 4 atom stereocenters. The van der Waals surface area contributed by atoms with E-state index in [4.69, 9.17) is 0 Å². The molecule has 1 spiro atoms. The Labute approximate surface area is 237 Å². The summed E-state index contributed by atoms with van der Waals surface area (Å²) in [6, 6.07) is 13.1. The van der Waals surface area contributed by atoms with E-state index in [2.05, 4.69) is 15.6 Å². The fourth-order valence-electron chi connectivity index (χ4n) is 6.53. The van der Waals surface area contributed by atoms with Crippen LogP contribution in [0.25, 0.3) is 0 Å². The molecule has 3 amide bonds. The number of rotatable bonds is 4. The molecule has 0 radical (unpaired) electrons. The van der Waals surface area contributed by atoms with Crippen molar-refractivity contribution in [3.05, 3.63) is 94.7 Å². The summed E-state index contributed by atoms with van der Waals surface area (Å²) in [5.41, 5.74) is -2.01. The number of halogens is 5. The molecule has 1 unspecified atom stereocenters. The monoisotopic (exact) mass is 584 g/mol. The molecule has 2 aromatic carbocycles. The number of carbonyl (C=O) groups excluding carboxylic acids is 3. The van der Waals surface area contributed by atoms with Crippen LogP contribution in [-0.4, -0.2) is 52.4 Å². The van der Waals surface area contributed by atoms with Crippen LogP contribution >= 0.6 is 0 Å². The van der Waals surface area contributed by atoms with Crippen LogP contribution in [-0.2, 0) is 27.3 Å². The van der Waals surface area contributed by atoms with Crippen LogP contribution in [0.15, 0.2) is 66.9 Å². The van der Waals surface area contributed by atoms with Gasteiger partial charge in [0.15, 0.2) is 0 Å². The van der Waals surface area contributed by atoms with Gasteiger partial charge in [0.1, 0.15) is 23.8 Å². The highest BCUT2D eigenvalue weighted by molar-refractivity contribution is 6.07. The van der Waals surface area contributed by atoms with Crippen LogP contribution in [0, 0.1) is 0 Å². The van der Waals surface area contributed by atoms with E-state index in [0.717, 1.165) is 6.07 Å². The number of carbonyl (C=O) groups is 3. The summed E-state index contributed by atoms with van der Waals surface area (Å²) in [5, 5.41) is 4.92. The van der Waals surface area contributed by atoms with Crippen LogP contribution in [0.1, 0.15) is 51.9 Å². The molecule has 3 aromatic rings. The predicted octanol–water partition coefficient (Wildman–Crippen LogP) is 4.68. The van der Waals surface area contributed by atoms with Gasteiger partial charge in [-0.05, 0) is 49.1 Å². The normalized spacial score (nSPS) is 26.1. The highest BCUT2D eigenvalue weighted by Crippen LogP contribution is 2.59. The SMILES string of the molecule is C[C@@H]1[C@H](c2ccccc2)C[C@H](NC(=O)c2ccc3c(c2)C(F)(F)C2(C3)C(=O)Nc3ncccc32)C(=O)N1CC(F)(F)F. The van der Waals surface area contributed by atoms with Crippen LogP contribution < -0.4 is 10.6 Å². The van der Waals surface area contributed by atoms with Crippen molar-refractivity contribution in [3.63, 3.8) is 0 Å². The molecule has 3 heterocycles. The van der Waals surface area contributed by atoms with E-state index in [1.807, 2.05) is 0 Å². The van der Waals surface area contributed by atoms with E-state index in [1.165, 1.54) is 37.4 Å². The van der Waals surface area contributed by atoms with Gasteiger partial charge < -0.3 is 15.5 Å². The highest BCUT2D eigenvalue weighted by Gasteiger charge is 2.68. The minimum absolute atomic E-state index is 0.0261. The molecule has 2 aliphatic heterocycles. The molecule has 6 rings (SSSR count). The third kappa shape index (κ3) is 4.23. The molecule has 7 nitrogen and oxygen atoms in total. The lowest BCUT2D eigenvalue weighted by Crippen LogP contribution is -2.59. The molecular weight excluding hydrogens is 559 g/mol. The van der Waals surface area contributed by atoms with Crippen molar-refractivity contribution in [1.82, 2.24) is 15.2 Å². The maximum Gasteiger partial charge on any atom is 0.406 e. The van der Waals surface area contributed by atoms with Gasteiger partial charge in [0.2, 0.25) is 11.8 Å². The zero-order valence-corrected chi connectivity index (χ0v) is 22.2. The van der Waals surface area contributed by atoms with Crippen molar-refractivity contribution in [1.29, 1.82) is 0 Å². The third-order valence-corrected chi connectivity index (χ3v) is 8.62. The number of amides is 3. The smallest absolute Gasteiger partial charge is 0.340 e. The Hall–Kier alpha value is -4.35. The largest absolute Gasteiger partial charge is 0.406 e. The zero-order chi connectivity index (χ0) is 30.0. The van der Waals surface area contributed by atoms with Gasteiger partial charge >= 0.3 is 6.18 Å². The van der Waals surface area contributed by atoms with Crippen LogP contribution in [0.2, 0.25) is 0 Å². The van der Waals surface area contributed by atoms with Gasteiger partial charge in [0, 0.05) is 34.8 Å². The number of alkyl halides is 5. The van der Waals surface area contributed by atoms with Crippen LogP contribution in [0.3, 0.4) is 0 Å². The number of hydrogen-bond donors (Lipinski definition) is 2. The van der Waals surface area contributed by atoms with Crippen LogP contribution in [0.5, 0.6) is 0 Å². The van der Waals surface area contributed by atoms with Gasteiger partial charge in [-0.25, -0.2) is 4.98 Å². The maximum absolute atomic E-state index is 16.1. The average molecular weight is 585 g/mol. The Kier molecular flexibility index (Phi) is 6.36. The summed E-state index contributed by atoms with van der Waals surface area (Å²) >= 11 is 0. The fraction of sp³-hybridized carbons (Fsp3) is 0.333. The lowest BCUT2D eigenvalue weighted by atomic mass is 9.76. The van der Waals surface area contributed by atoms with E-state index >= 15 is 8.78 Å². The average Bonchev–Trinajstić information content (AvgIpc) is 3.37. The van der Waals surface area contributed by atoms with E-state index < -0.39 is 65.3 Å². The Morgan fingerprint density at radius 2 is 1.81 bits per heavy atom. The van der Waals surface area contributed by atoms with E-state index in [-0.39, 0.29) is 35.3 Å². The van der Waals surface area contributed by atoms with Crippen LogP contribution in [0.4, 0.5) is 27.8 Å². The number of pyridine rings is 1. The first kappa shape index (κ1) is 27.8. The molecule has 1 aromatic heterocycles. The summed E-state index contributed by atoms with van der Waals surface area (Å²) in [6.45, 7) is 0.0405. The Morgan fingerprint density at radius 1 is 1.07 bits per heavy atom. The molecular formula is C30H25F5N4O3. The number of hydrogen-bond acceptors (Lipinski definition) is 4. The number of aromatic nitrogens is 1. The van der Waals surface area contributed by atoms with Crippen molar-refractivity contribution in [3.8, 4) is 0 Å². The molecule has 2 N–H and O–H groups in total. The molecule has 0 bridgehead atoms. The molecule has 3 aliphatic rings. The van der Waals surface area contributed by atoms with Crippen molar-refractivity contribution in [2.75, 3.05) is 11.9 Å². The number of likely N-dealkylation sites (tertiary alicyclic amines) is 1. The second-order valence-electron chi connectivity index (χ2n) is 11.0. The van der Waals surface area contributed by atoms with Gasteiger partial charge in [-0.15, -0.1) is 0 Å². The summed E-state index contributed by atoms with van der Waals surface area (Å²) in [6.07, 6.45) is -3.57. The first-order valence-electron chi connectivity index (χ1n) is 13.3. The Balaban J connectivity index is 1.30. The van der Waals surface area contributed by atoms with Gasteiger partial charge in [0.25, 0.3) is 11.8 Å². The maximum atomic E-state index is 16.1. The quantitative estimate of drug-likeness (QED) is 0.436. The van der Waals surface area contributed by atoms with Gasteiger partial charge in [-0.1, -0.05) is 42.5 Å². The number of nitrogens with one attached hydrogen (secondary N) is 2. The van der Waals surface area contributed by atoms with Gasteiger partial charge in [-0.2, -0.15) is 22.0 Å². The number of benzene rings is 2. The standard InChI is InChI=1S/C30H25F5N4O3/c1-16-20(17-6-3-2-4-7-17)13-23(26(41)39(16)15-29(31,32)33)37-25(40)18-9-10-19-14-28(30(34,35)22(19)12-18)21-8-5-11-36-24(21)38-27(28)42/h2-12,16,20,23H,13-15H2,1H3,(H,37,40)(H,36,38,42)/t16-,20-,23+,28?/m1/s1. The summed E-state index contributed by atoms with van der Waals surface area (Å²) in [5.74, 6) is -6.86. The Bertz CT molecular complexity index is 1600. The van der Waals surface area contributed by atoms with Crippen molar-refractivity contribution < 1.29 is 36.3 Å². The van der Waals surface area contributed by atoms with Crippen molar-refractivity contribution >= 4 is 23.5 Å². The lowest BCUT2D eigenvalue weighted by Gasteiger charge is -2.43. The topological polar surface area (TPSA) is 91.4 Å². The molecule has 1 fully saturated rings. The van der Waals surface area contributed by atoms with Crippen molar-refractivity contribution in [2.45, 2.75) is 55.3 Å². The van der Waals surface area contributed by atoms with E-state index in [0.29, 0.717) is 10.5 Å². The number of nitrogens with zero attached hydrogens (tertiary/aromatic N) is 2. The number of fused-ring (bicyclic) bond motifs is 3. The van der Waals surface area contributed by atoms with Gasteiger partial charge in [0.05, 0.1) is 0 Å². The molecule has 12 heteroatoms. The lowest BCUT2D eigenvalue weighted by molar-refractivity contribution is -0.170. The number of piperidine rings is 1. The van der Waals surface area contributed by atoms with E-state index in [1.54, 1.807) is 30.3 Å². The minimum Gasteiger partial charge on any atom is -0.340 e. The minimum atomic E-state index is -4.67. The molecule has 1 aliphatic carbocycles. The molecule has 42 heavy (non-hydrogen) atoms. The molecule has 218 valence electrons. The molecule has 1 saturated heterocycles. The first-order chi connectivity index (χ1) is 19.8. The van der Waals surface area contributed by atoms with Crippen molar-refractivity contribution in [2.24, 2.45) is 0 Å².